The average Bonchev–Trinajstić information content (AvgIpc) is 3.38. The van der Waals surface area contributed by atoms with Gasteiger partial charge in [0.15, 0.2) is 17.3 Å². The van der Waals surface area contributed by atoms with Crippen LogP contribution in [-0.2, 0) is 4.79 Å². The molecule has 4 aromatic rings. The summed E-state index contributed by atoms with van der Waals surface area (Å²) in [7, 11) is 1.59. The molecular formula is C20H20N8O2. The van der Waals surface area contributed by atoms with Crippen LogP contribution in [0.2, 0.25) is 0 Å². The molecule has 0 aliphatic carbocycles. The molecule has 0 spiro atoms. The molecule has 1 unspecified atom stereocenters. The van der Waals surface area contributed by atoms with Crippen LogP contribution < -0.4 is 10.1 Å². The standard InChI is InChI=1S/C20H20N8O2/c1-13(19-24-23-18-9-4-5-10-27(18)19)21-20(29)17(28-14(2)22-25-26-28)12-15-7-6-8-16(11-15)30-3/h4-13H,1-3H3,(H,21,29)/b17-12-. The number of rotatable bonds is 6. The van der Waals surface area contributed by atoms with Crippen molar-refractivity contribution in [2.45, 2.75) is 19.9 Å². The number of benzene rings is 1. The number of amides is 1. The number of nitrogens with zero attached hydrogens (tertiary/aromatic N) is 7. The highest BCUT2D eigenvalue weighted by Gasteiger charge is 2.21. The Bertz CT molecular complexity index is 1230. The number of aromatic nitrogens is 7. The number of pyridine rings is 1. The molecule has 1 aromatic carbocycles. The van der Waals surface area contributed by atoms with Gasteiger partial charge in [-0.1, -0.05) is 18.2 Å². The third-order valence-corrected chi connectivity index (χ3v) is 4.56. The predicted molar refractivity (Wildman–Crippen MR) is 109 cm³/mol. The molecule has 3 heterocycles. The zero-order valence-corrected chi connectivity index (χ0v) is 16.7. The molecule has 152 valence electrons. The predicted octanol–water partition coefficient (Wildman–Crippen LogP) is 1.91. The first kappa shape index (κ1) is 19.2. The molecule has 0 saturated heterocycles. The summed E-state index contributed by atoms with van der Waals surface area (Å²) < 4.78 is 8.50. The summed E-state index contributed by atoms with van der Waals surface area (Å²) in [4.78, 5) is 13.2. The Kier molecular flexibility index (Phi) is 5.21. The fourth-order valence-corrected chi connectivity index (χ4v) is 3.06. The van der Waals surface area contributed by atoms with Crippen LogP contribution in [0, 0.1) is 6.92 Å². The van der Waals surface area contributed by atoms with Crippen LogP contribution in [0.15, 0.2) is 48.7 Å². The number of hydrogen-bond donors (Lipinski definition) is 1. The van der Waals surface area contributed by atoms with Gasteiger partial charge in [-0.25, -0.2) is 0 Å². The Labute approximate surface area is 172 Å². The molecule has 0 saturated carbocycles. The minimum Gasteiger partial charge on any atom is -0.497 e. The molecule has 4 rings (SSSR count). The fraction of sp³-hybridized carbons (Fsp3) is 0.200. The fourth-order valence-electron chi connectivity index (χ4n) is 3.06. The topological polar surface area (TPSA) is 112 Å². The van der Waals surface area contributed by atoms with Gasteiger partial charge >= 0.3 is 0 Å². The number of tetrazole rings is 1. The first-order chi connectivity index (χ1) is 14.6. The molecule has 10 nitrogen and oxygen atoms in total. The van der Waals surface area contributed by atoms with Crippen molar-refractivity contribution in [3.63, 3.8) is 0 Å². The Morgan fingerprint density at radius 1 is 1.17 bits per heavy atom. The lowest BCUT2D eigenvalue weighted by molar-refractivity contribution is -0.116. The maximum Gasteiger partial charge on any atom is 0.270 e. The van der Waals surface area contributed by atoms with E-state index in [4.69, 9.17) is 4.74 Å². The number of carbonyl (C=O) groups is 1. The molecule has 0 aliphatic heterocycles. The normalized spacial score (nSPS) is 12.7. The number of carbonyl (C=O) groups excluding carboxylic acids is 1. The lowest BCUT2D eigenvalue weighted by Crippen LogP contribution is -2.31. The molecule has 3 aromatic heterocycles. The summed E-state index contributed by atoms with van der Waals surface area (Å²) in [5, 5.41) is 22.8. The van der Waals surface area contributed by atoms with E-state index in [1.165, 1.54) is 4.68 Å². The molecule has 0 radical (unpaired) electrons. The van der Waals surface area contributed by atoms with E-state index in [0.29, 0.717) is 23.0 Å². The van der Waals surface area contributed by atoms with Crippen LogP contribution in [0.1, 0.15) is 30.2 Å². The van der Waals surface area contributed by atoms with Crippen molar-refractivity contribution in [1.29, 1.82) is 0 Å². The average molecular weight is 404 g/mol. The monoisotopic (exact) mass is 404 g/mol. The number of fused-ring (bicyclic) bond motifs is 1. The second kappa shape index (κ2) is 8.11. The second-order valence-corrected chi connectivity index (χ2v) is 6.63. The first-order valence-corrected chi connectivity index (χ1v) is 9.28. The van der Waals surface area contributed by atoms with Crippen LogP contribution >= 0.6 is 0 Å². The summed E-state index contributed by atoms with van der Waals surface area (Å²) in [6.07, 6.45) is 3.56. The SMILES string of the molecule is COc1cccc(/C=C(/C(=O)NC(C)c2nnc3ccccn23)n2nnnc2C)c1. The molecule has 0 fully saturated rings. The van der Waals surface area contributed by atoms with Gasteiger partial charge in [0.1, 0.15) is 11.4 Å². The largest absolute Gasteiger partial charge is 0.497 e. The van der Waals surface area contributed by atoms with E-state index in [9.17, 15) is 4.79 Å². The summed E-state index contributed by atoms with van der Waals surface area (Å²) in [6.45, 7) is 3.57. The Morgan fingerprint density at radius 3 is 2.80 bits per heavy atom. The Balaban J connectivity index is 1.67. The van der Waals surface area contributed by atoms with Crippen molar-refractivity contribution in [3.8, 4) is 5.75 Å². The second-order valence-electron chi connectivity index (χ2n) is 6.63. The Morgan fingerprint density at radius 2 is 2.03 bits per heavy atom. The van der Waals surface area contributed by atoms with Crippen molar-refractivity contribution in [1.82, 2.24) is 40.1 Å². The minimum absolute atomic E-state index is 0.270. The zero-order valence-electron chi connectivity index (χ0n) is 16.7. The summed E-state index contributed by atoms with van der Waals surface area (Å²) in [5.74, 6) is 1.43. The van der Waals surface area contributed by atoms with E-state index < -0.39 is 6.04 Å². The summed E-state index contributed by atoms with van der Waals surface area (Å²) >= 11 is 0. The van der Waals surface area contributed by atoms with Crippen molar-refractivity contribution in [3.05, 3.63) is 65.9 Å². The van der Waals surface area contributed by atoms with E-state index in [0.717, 1.165) is 5.56 Å². The molecule has 1 atom stereocenters. The van der Waals surface area contributed by atoms with Crippen LogP contribution in [0.3, 0.4) is 0 Å². The highest BCUT2D eigenvalue weighted by molar-refractivity contribution is 6.18. The number of hydrogen-bond acceptors (Lipinski definition) is 7. The minimum atomic E-state index is -0.402. The van der Waals surface area contributed by atoms with Crippen LogP contribution in [0.5, 0.6) is 5.75 Å². The van der Waals surface area contributed by atoms with Gasteiger partial charge in [0, 0.05) is 6.20 Å². The smallest absolute Gasteiger partial charge is 0.270 e. The van der Waals surface area contributed by atoms with Crippen LogP contribution in [-0.4, -0.2) is 47.8 Å². The number of nitrogens with one attached hydrogen (secondary N) is 1. The van der Waals surface area contributed by atoms with Gasteiger partial charge in [-0.15, -0.1) is 15.3 Å². The number of ether oxygens (including phenoxy) is 1. The van der Waals surface area contributed by atoms with Gasteiger partial charge in [0.2, 0.25) is 0 Å². The lowest BCUT2D eigenvalue weighted by atomic mass is 10.1. The molecule has 30 heavy (non-hydrogen) atoms. The van der Waals surface area contributed by atoms with Gasteiger partial charge in [-0.3, -0.25) is 9.20 Å². The molecule has 1 N–H and O–H groups in total. The van der Waals surface area contributed by atoms with Crippen molar-refractivity contribution in [2.75, 3.05) is 7.11 Å². The lowest BCUT2D eigenvalue weighted by Gasteiger charge is -2.14. The van der Waals surface area contributed by atoms with Crippen LogP contribution in [0.25, 0.3) is 17.4 Å². The third kappa shape index (κ3) is 3.75. The number of methoxy groups -OCH3 is 1. The van der Waals surface area contributed by atoms with Gasteiger partial charge in [0.05, 0.1) is 13.2 Å². The van der Waals surface area contributed by atoms with Gasteiger partial charge in [-0.2, -0.15) is 4.68 Å². The van der Waals surface area contributed by atoms with Crippen molar-refractivity contribution < 1.29 is 9.53 Å². The molecule has 0 aliphatic rings. The molecule has 10 heteroatoms. The van der Waals surface area contributed by atoms with Crippen molar-refractivity contribution in [2.24, 2.45) is 0 Å². The van der Waals surface area contributed by atoms with E-state index in [2.05, 4.69) is 31.0 Å². The summed E-state index contributed by atoms with van der Waals surface area (Å²) in [6, 6.07) is 12.6. The van der Waals surface area contributed by atoms with Crippen molar-refractivity contribution >= 4 is 23.3 Å². The van der Waals surface area contributed by atoms with E-state index in [1.807, 2.05) is 60.0 Å². The third-order valence-electron chi connectivity index (χ3n) is 4.56. The first-order valence-electron chi connectivity index (χ1n) is 9.28. The summed E-state index contributed by atoms with van der Waals surface area (Å²) in [5.41, 5.74) is 1.75. The highest BCUT2D eigenvalue weighted by atomic mass is 16.5. The molecule has 0 bridgehead atoms. The Hall–Kier alpha value is -4.08. The zero-order chi connectivity index (χ0) is 21.1. The maximum atomic E-state index is 13.2. The molecular weight excluding hydrogens is 384 g/mol. The van der Waals surface area contributed by atoms with E-state index >= 15 is 0 Å². The highest BCUT2D eigenvalue weighted by Crippen LogP contribution is 2.19. The van der Waals surface area contributed by atoms with Gasteiger partial charge in [0.25, 0.3) is 5.91 Å². The van der Waals surface area contributed by atoms with E-state index in [1.54, 1.807) is 20.1 Å². The van der Waals surface area contributed by atoms with Gasteiger partial charge in [-0.05, 0) is 60.2 Å². The molecule has 1 amide bonds. The maximum absolute atomic E-state index is 13.2. The van der Waals surface area contributed by atoms with Crippen LogP contribution in [0.4, 0.5) is 0 Å². The van der Waals surface area contributed by atoms with E-state index in [-0.39, 0.29) is 11.6 Å². The van der Waals surface area contributed by atoms with Gasteiger partial charge < -0.3 is 10.1 Å². The quantitative estimate of drug-likeness (QED) is 0.489. The number of aryl methyl sites for hydroxylation is 1.